The molecule has 5 rings (SSSR count). The number of anilines is 1. The Morgan fingerprint density at radius 3 is 2.81 bits per heavy atom. The Balaban J connectivity index is 1.97. The van der Waals surface area contributed by atoms with E-state index in [1.54, 1.807) is 0 Å². The average molecular weight is 283 g/mol. The summed E-state index contributed by atoms with van der Waals surface area (Å²) in [5.41, 5.74) is 1.54. The molecule has 0 saturated carbocycles. The third-order valence-electron chi connectivity index (χ3n) is 6.02. The molecule has 2 aromatic rings. The molecule has 3 atom stereocenters. The van der Waals surface area contributed by atoms with Crippen LogP contribution in [0.2, 0.25) is 0 Å². The van der Waals surface area contributed by atoms with Gasteiger partial charge in [0.15, 0.2) is 11.3 Å². The van der Waals surface area contributed by atoms with E-state index in [9.17, 15) is 0 Å². The van der Waals surface area contributed by atoms with Gasteiger partial charge in [0.2, 0.25) is 0 Å². The van der Waals surface area contributed by atoms with E-state index in [-0.39, 0.29) is 11.0 Å². The van der Waals surface area contributed by atoms with Crippen LogP contribution in [0.3, 0.4) is 0 Å². The van der Waals surface area contributed by atoms with Gasteiger partial charge >= 0.3 is 0 Å². The first-order valence-corrected chi connectivity index (χ1v) is 7.81. The number of hydrogen-bond donors (Lipinski definition) is 0. The van der Waals surface area contributed by atoms with Gasteiger partial charge < -0.3 is 4.42 Å². The van der Waals surface area contributed by atoms with Crippen molar-refractivity contribution in [1.82, 2.24) is 0 Å². The van der Waals surface area contributed by atoms with Crippen LogP contribution in [0.4, 0.5) is 5.82 Å². The predicted octanol–water partition coefficient (Wildman–Crippen LogP) is 3.28. The zero-order valence-corrected chi connectivity index (χ0v) is 13.3. The van der Waals surface area contributed by atoms with Crippen LogP contribution >= 0.6 is 0 Å². The van der Waals surface area contributed by atoms with Gasteiger partial charge in [0.25, 0.3) is 5.82 Å². The van der Waals surface area contributed by atoms with Crippen LogP contribution in [-0.4, -0.2) is 6.04 Å². The molecule has 2 aromatic heterocycles. The number of fused-ring (bicyclic) bond motifs is 2. The van der Waals surface area contributed by atoms with Crippen molar-refractivity contribution in [2.75, 3.05) is 4.90 Å². The molecule has 3 aliphatic rings. The molecule has 1 fully saturated rings. The lowest BCUT2D eigenvalue weighted by Crippen LogP contribution is -2.67. The number of hydrogen-bond acceptors (Lipinski definition) is 2. The number of piperidine rings is 1. The molecule has 1 aliphatic carbocycles. The van der Waals surface area contributed by atoms with E-state index in [4.69, 9.17) is 4.42 Å². The maximum atomic E-state index is 5.95. The largest absolute Gasteiger partial charge is 0.464 e. The van der Waals surface area contributed by atoms with E-state index < -0.39 is 0 Å². The van der Waals surface area contributed by atoms with Gasteiger partial charge in [0.05, 0.1) is 19.5 Å². The summed E-state index contributed by atoms with van der Waals surface area (Å²) in [5, 5.41) is 0. The lowest BCUT2D eigenvalue weighted by molar-refractivity contribution is -0.659. The van der Waals surface area contributed by atoms with Crippen LogP contribution in [0, 0.1) is 0 Å². The van der Waals surface area contributed by atoms with E-state index in [0.29, 0.717) is 6.04 Å². The second-order valence-electron chi connectivity index (χ2n) is 7.07. The number of aromatic nitrogens is 1. The Labute approximate surface area is 126 Å². The van der Waals surface area contributed by atoms with E-state index in [1.165, 1.54) is 23.6 Å². The zero-order valence-electron chi connectivity index (χ0n) is 13.3. The molecule has 3 heteroatoms. The predicted molar refractivity (Wildman–Crippen MR) is 82.2 cm³/mol. The topological polar surface area (TPSA) is 20.3 Å². The van der Waals surface area contributed by atoms with Gasteiger partial charge in [0, 0.05) is 17.0 Å². The molecule has 4 heterocycles. The maximum absolute atomic E-state index is 5.95. The summed E-state index contributed by atoms with van der Waals surface area (Å²) in [5.74, 6) is 2.43. The normalized spacial score (nSPS) is 34.1. The van der Waals surface area contributed by atoms with Crippen molar-refractivity contribution >= 4 is 5.82 Å². The SMILES string of the molecule is CC1N(c2cccc[n+]2C)C2(C)CCC1(C)c1ccoc12. The first-order chi connectivity index (χ1) is 9.98. The van der Waals surface area contributed by atoms with Crippen LogP contribution in [0.5, 0.6) is 0 Å². The Bertz CT molecular complexity index is 707. The summed E-state index contributed by atoms with van der Waals surface area (Å²) in [6.07, 6.45) is 6.36. The van der Waals surface area contributed by atoms with E-state index in [1.807, 2.05) is 6.26 Å². The molecular formula is C18H23N2O+. The molecule has 3 nitrogen and oxygen atoms in total. The van der Waals surface area contributed by atoms with Crippen molar-refractivity contribution in [3.8, 4) is 0 Å². The first-order valence-electron chi connectivity index (χ1n) is 7.81. The van der Waals surface area contributed by atoms with Gasteiger partial charge in [-0.15, -0.1) is 0 Å². The third-order valence-corrected chi connectivity index (χ3v) is 6.02. The molecule has 21 heavy (non-hydrogen) atoms. The second kappa shape index (κ2) is 3.90. The van der Waals surface area contributed by atoms with Crippen molar-refractivity contribution in [3.63, 3.8) is 0 Å². The molecule has 0 radical (unpaired) electrons. The number of rotatable bonds is 1. The van der Waals surface area contributed by atoms with Gasteiger partial charge in [-0.25, -0.2) is 9.47 Å². The first kappa shape index (κ1) is 12.9. The number of aryl methyl sites for hydroxylation is 1. The fraction of sp³-hybridized carbons (Fsp3) is 0.500. The molecule has 0 spiro atoms. The molecule has 2 bridgehead atoms. The zero-order chi connectivity index (χ0) is 14.8. The molecule has 1 saturated heterocycles. The highest BCUT2D eigenvalue weighted by molar-refractivity contribution is 5.53. The number of furan rings is 1. The Morgan fingerprint density at radius 2 is 2.05 bits per heavy atom. The van der Waals surface area contributed by atoms with Crippen molar-refractivity contribution < 1.29 is 8.98 Å². The maximum Gasteiger partial charge on any atom is 0.277 e. The summed E-state index contributed by atoms with van der Waals surface area (Å²) in [7, 11) is 2.12. The summed E-state index contributed by atoms with van der Waals surface area (Å²) in [6, 6.07) is 9.06. The van der Waals surface area contributed by atoms with Gasteiger partial charge in [-0.1, -0.05) is 13.0 Å². The molecule has 0 N–H and O–H groups in total. The van der Waals surface area contributed by atoms with Crippen molar-refractivity contribution in [1.29, 1.82) is 0 Å². The minimum atomic E-state index is -0.0465. The average Bonchev–Trinajstić information content (AvgIpc) is 2.96. The second-order valence-corrected chi connectivity index (χ2v) is 7.07. The molecule has 110 valence electrons. The van der Waals surface area contributed by atoms with Crippen LogP contribution < -0.4 is 9.47 Å². The van der Waals surface area contributed by atoms with E-state index >= 15 is 0 Å². The Morgan fingerprint density at radius 1 is 1.24 bits per heavy atom. The van der Waals surface area contributed by atoms with Crippen molar-refractivity contribution in [2.24, 2.45) is 7.05 Å². The van der Waals surface area contributed by atoms with Gasteiger partial charge in [-0.2, -0.15) is 0 Å². The molecule has 0 amide bonds. The summed E-state index contributed by atoms with van der Waals surface area (Å²) in [6.45, 7) is 7.08. The molecule has 0 aromatic carbocycles. The molecule has 2 aliphatic heterocycles. The van der Waals surface area contributed by atoms with Crippen molar-refractivity contribution in [3.05, 3.63) is 48.0 Å². The van der Waals surface area contributed by atoms with Crippen LogP contribution in [0.1, 0.15) is 44.9 Å². The minimum Gasteiger partial charge on any atom is -0.464 e. The smallest absolute Gasteiger partial charge is 0.277 e. The minimum absolute atomic E-state index is 0.0465. The van der Waals surface area contributed by atoms with Gasteiger partial charge in [-0.05, 0) is 38.8 Å². The highest BCUT2D eigenvalue weighted by Crippen LogP contribution is 2.57. The highest BCUT2D eigenvalue weighted by atomic mass is 16.3. The lowest BCUT2D eigenvalue weighted by Gasteiger charge is -2.56. The molecule has 3 unspecified atom stereocenters. The highest BCUT2D eigenvalue weighted by Gasteiger charge is 2.63. The lowest BCUT2D eigenvalue weighted by atomic mass is 9.59. The third kappa shape index (κ3) is 1.42. The summed E-state index contributed by atoms with van der Waals surface area (Å²) >= 11 is 0. The van der Waals surface area contributed by atoms with E-state index in [2.05, 4.69) is 67.7 Å². The van der Waals surface area contributed by atoms with Crippen LogP contribution in [-0.2, 0) is 18.0 Å². The molecular weight excluding hydrogens is 260 g/mol. The summed E-state index contributed by atoms with van der Waals surface area (Å²) < 4.78 is 8.16. The quantitative estimate of drug-likeness (QED) is 0.749. The Hall–Kier alpha value is -1.77. The Kier molecular flexibility index (Phi) is 2.40. The fourth-order valence-corrected chi connectivity index (χ4v) is 4.52. The number of pyridine rings is 1. The van der Waals surface area contributed by atoms with Crippen LogP contribution in [0.15, 0.2) is 41.1 Å². The summed E-state index contributed by atoms with van der Waals surface area (Å²) in [4.78, 5) is 2.57. The standard InChI is InChI=1S/C18H23N2O/c1-13-17(2)9-10-18(3,16-14(17)8-12-21-16)20(13)15-7-5-6-11-19(15)4/h5-8,11-13H,9-10H2,1-4H3/q+1. The monoisotopic (exact) mass is 283 g/mol. The van der Waals surface area contributed by atoms with Gasteiger partial charge in [-0.3, -0.25) is 0 Å². The van der Waals surface area contributed by atoms with Crippen LogP contribution in [0.25, 0.3) is 0 Å². The van der Waals surface area contributed by atoms with Crippen molar-refractivity contribution in [2.45, 2.75) is 50.6 Å². The fourth-order valence-electron chi connectivity index (χ4n) is 4.52. The number of nitrogens with zero attached hydrogens (tertiary/aromatic N) is 2. The van der Waals surface area contributed by atoms with E-state index in [0.717, 1.165) is 6.42 Å². The van der Waals surface area contributed by atoms with Gasteiger partial charge in [0.1, 0.15) is 6.04 Å².